The van der Waals surface area contributed by atoms with Crippen LogP contribution in [0.2, 0.25) is 5.02 Å². The number of carbonyl (C=O) groups is 1. The number of carbonyl (C=O) groups excluding carboxylic acids is 1. The second kappa shape index (κ2) is 7.18. The van der Waals surface area contributed by atoms with E-state index in [1.165, 1.54) is 18.1 Å². The molecule has 0 radical (unpaired) electrons. The van der Waals surface area contributed by atoms with Crippen molar-refractivity contribution in [2.75, 3.05) is 19.5 Å². The summed E-state index contributed by atoms with van der Waals surface area (Å²) >= 11 is 6.17. The van der Waals surface area contributed by atoms with Crippen molar-refractivity contribution in [3.63, 3.8) is 0 Å². The van der Waals surface area contributed by atoms with Crippen LogP contribution in [0, 0.1) is 0 Å². The quantitative estimate of drug-likeness (QED) is 0.752. The van der Waals surface area contributed by atoms with E-state index in [0.717, 1.165) is 0 Å². The summed E-state index contributed by atoms with van der Waals surface area (Å²) in [6.45, 7) is 0. The molecule has 1 N–H and O–H groups in total. The second-order valence-electron chi connectivity index (χ2n) is 4.94. The molecule has 0 saturated carbocycles. The van der Waals surface area contributed by atoms with Crippen molar-refractivity contribution in [3.8, 4) is 17.2 Å². The second-order valence-corrected chi connectivity index (χ2v) is 5.35. The standard InChI is InChI=1S/C16H14ClN5O3/c1-24-11-4-6-15(25-2)14(8-11)19-16(23)12-7-10(3-5-13(12)17)22-9-18-20-21-22/h3-9H,1-2H3,(H,19,23). The van der Waals surface area contributed by atoms with Crippen LogP contribution in [0.5, 0.6) is 11.5 Å². The van der Waals surface area contributed by atoms with Gasteiger partial charge in [0.2, 0.25) is 0 Å². The number of aromatic nitrogens is 4. The van der Waals surface area contributed by atoms with Crippen LogP contribution in [0.1, 0.15) is 10.4 Å². The average molecular weight is 360 g/mol. The molecule has 0 fully saturated rings. The van der Waals surface area contributed by atoms with Gasteiger partial charge in [0.25, 0.3) is 5.91 Å². The zero-order valence-electron chi connectivity index (χ0n) is 13.4. The van der Waals surface area contributed by atoms with Crippen molar-refractivity contribution < 1.29 is 14.3 Å². The van der Waals surface area contributed by atoms with Crippen molar-refractivity contribution >= 4 is 23.2 Å². The highest BCUT2D eigenvalue weighted by Gasteiger charge is 2.15. The number of nitrogens with zero attached hydrogens (tertiary/aromatic N) is 4. The summed E-state index contributed by atoms with van der Waals surface area (Å²) in [7, 11) is 3.06. The van der Waals surface area contributed by atoms with Gasteiger partial charge in [-0.15, -0.1) is 5.10 Å². The minimum absolute atomic E-state index is 0.277. The van der Waals surface area contributed by atoms with Crippen molar-refractivity contribution in [2.45, 2.75) is 0 Å². The smallest absolute Gasteiger partial charge is 0.257 e. The Morgan fingerprint density at radius 2 is 2.00 bits per heavy atom. The first-order valence-electron chi connectivity index (χ1n) is 7.18. The molecule has 0 atom stereocenters. The van der Waals surface area contributed by atoms with E-state index in [0.29, 0.717) is 27.9 Å². The molecule has 3 rings (SSSR count). The zero-order chi connectivity index (χ0) is 17.8. The summed E-state index contributed by atoms with van der Waals surface area (Å²) in [4.78, 5) is 12.7. The van der Waals surface area contributed by atoms with Gasteiger partial charge >= 0.3 is 0 Å². The van der Waals surface area contributed by atoms with Gasteiger partial charge in [0.05, 0.1) is 36.2 Å². The van der Waals surface area contributed by atoms with E-state index in [2.05, 4.69) is 20.8 Å². The molecule has 2 aromatic carbocycles. The molecule has 0 aliphatic heterocycles. The van der Waals surface area contributed by atoms with E-state index < -0.39 is 5.91 Å². The van der Waals surface area contributed by atoms with Crippen LogP contribution in [0.25, 0.3) is 5.69 Å². The molecule has 9 heteroatoms. The number of tetrazole rings is 1. The molecule has 8 nitrogen and oxygen atoms in total. The largest absolute Gasteiger partial charge is 0.497 e. The Hall–Kier alpha value is -3.13. The van der Waals surface area contributed by atoms with Gasteiger partial charge < -0.3 is 14.8 Å². The highest BCUT2D eigenvalue weighted by atomic mass is 35.5. The monoisotopic (exact) mass is 359 g/mol. The summed E-state index contributed by atoms with van der Waals surface area (Å²) in [5.41, 5.74) is 1.35. The average Bonchev–Trinajstić information content (AvgIpc) is 3.16. The number of anilines is 1. The predicted octanol–water partition coefficient (Wildman–Crippen LogP) is 2.59. The molecular formula is C16H14ClN5O3. The first kappa shape index (κ1) is 16.7. The van der Waals surface area contributed by atoms with Crippen molar-refractivity contribution in [2.24, 2.45) is 0 Å². The molecule has 0 saturated heterocycles. The lowest BCUT2D eigenvalue weighted by Crippen LogP contribution is -2.14. The molecule has 0 unspecified atom stereocenters. The number of benzene rings is 2. The van der Waals surface area contributed by atoms with E-state index in [9.17, 15) is 4.79 Å². The van der Waals surface area contributed by atoms with Crippen molar-refractivity contribution in [1.82, 2.24) is 20.2 Å². The summed E-state index contributed by atoms with van der Waals surface area (Å²) in [5, 5.41) is 14.0. The molecule has 1 aromatic heterocycles. The molecule has 1 amide bonds. The van der Waals surface area contributed by atoms with E-state index in [4.69, 9.17) is 21.1 Å². The van der Waals surface area contributed by atoms with E-state index >= 15 is 0 Å². The lowest BCUT2D eigenvalue weighted by molar-refractivity contribution is 0.102. The fourth-order valence-electron chi connectivity index (χ4n) is 2.21. The van der Waals surface area contributed by atoms with Gasteiger partial charge in [0.15, 0.2) is 0 Å². The maximum absolute atomic E-state index is 12.7. The molecule has 1 heterocycles. The Morgan fingerprint density at radius 3 is 2.68 bits per heavy atom. The van der Waals surface area contributed by atoms with Crippen LogP contribution < -0.4 is 14.8 Å². The molecule has 128 valence electrons. The van der Waals surface area contributed by atoms with Crippen LogP contribution in [0.4, 0.5) is 5.69 Å². The Kier molecular flexibility index (Phi) is 4.80. The van der Waals surface area contributed by atoms with Crippen LogP contribution in [0.15, 0.2) is 42.7 Å². The number of rotatable bonds is 5. The normalized spacial score (nSPS) is 10.4. The topological polar surface area (TPSA) is 91.2 Å². The van der Waals surface area contributed by atoms with Gasteiger partial charge in [-0.05, 0) is 40.8 Å². The third-order valence-electron chi connectivity index (χ3n) is 3.46. The van der Waals surface area contributed by atoms with Gasteiger partial charge in [0.1, 0.15) is 17.8 Å². The van der Waals surface area contributed by atoms with Gasteiger partial charge in [0, 0.05) is 6.07 Å². The fraction of sp³-hybridized carbons (Fsp3) is 0.125. The first-order chi connectivity index (χ1) is 12.1. The van der Waals surface area contributed by atoms with Gasteiger partial charge in [-0.2, -0.15) is 0 Å². The predicted molar refractivity (Wildman–Crippen MR) is 91.7 cm³/mol. The van der Waals surface area contributed by atoms with Crippen molar-refractivity contribution in [3.05, 3.63) is 53.3 Å². The Labute approximate surface area is 148 Å². The highest BCUT2D eigenvalue weighted by molar-refractivity contribution is 6.34. The molecule has 0 aliphatic carbocycles. The molecule has 0 aliphatic rings. The number of amides is 1. The molecule has 0 spiro atoms. The maximum Gasteiger partial charge on any atom is 0.257 e. The van der Waals surface area contributed by atoms with Crippen LogP contribution in [0.3, 0.4) is 0 Å². The summed E-state index contributed by atoms with van der Waals surface area (Å²) in [5.74, 6) is 0.693. The van der Waals surface area contributed by atoms with Gasteiger partial charge in [-0.25, -0.2) is 4.68 Å². The third kappa shape index (κ3) is 3.53. The Bertz CT molecular complexity index is 899. The number of halogens is 1. The minimum atomic E-state index is -0.397. The number of ether oxygens (including phenoxy) is 2. The first-order valence-corrected chi connectivity index (χ1v) is 7.56. The van der Waals surface area contributed by atoms with Crippen LogP contribution >= 0.6 is 11.6 Å². The Morgan fingerprint density at radius 1 is 1.16 bits per heavy atom. The Balaban J connectivity index is 1.93. The van der Waals surface area contributed by atoms with Crippen LogP contribution in [-0.4, -0.2) is 40.3 Å². The van der Waals surface area contributed by atoms with Crippen molar-refractivity contribution in [1.29, 1.82) is 0 Å². The van der Waals surface area contributed by atoms with Crippen LogP contribution in [-0.2, 0) is 0 Å². The number of nitrogens with one attached hydrogen (secondary N) is 1. The minimum Gasteiger partial charge on any atom is -0.497 e. The van der Waals surface area contributed by atoms with E-state index in [1.807, 2.05) is 0 Å². The maximum atomic E-state index is 12.7. The number of hydrogen-bond donors (Lipinski definition) is 1. The van der Waals surface area contributed by atoms with Gasteiger partial charge in [-0.1, -0.05) is 11.6 Å². The van der Waals surface area contributed by atoms with E-state index in [1.54, 1.807) is 43.5 Å². The summed E-state index contributed by atoms with van der Waals surface area (Å²) in [6, 6.07) is 10.0. The molecular weight excluding hydrogens is 346 g/mol. The summed E-state index contributed by atoms with van der Waals surface area (Å²) in [6.07, 6.45) is 1.43. The lowest BCUT2D eigenvalue weighted by atomic mass is 10.1. The van der Waals surface area contributed by atoms with Gasteiger partial charge in [-0.3, -0.25) is 4.79 Å². The summed E-state index contributed by atoms with van der Waals surface area (Å²) < 4.78 is 11.9. The zero-order valence-corrected chi connectivity index (χ0v) is 14.2. The lowest BCUT2D eigenvalue weighted by Gasteiger charge is -2.13. The van der Waals surface area contributed by atoms with E-state index in [-0.39, 0.29) is 5.56 Å². The fourth-order valence-corrected chi connectivity index (χ4v) is 2.41. The number of hydrogen-bond acceptors (Lipinski definition) is 6. The highest BCUT2D eigenvalue weighted by Crippen LogP contribution is 2.30. The molecule has 0 bridgehead atoms. The molecule has 25 heavy (non-hydrogen) atoms. The number of methoxy groups -OCH3 is 2. The SMILES string of the molecule is COc1ccc(OC)c(NC(=O)c2cc(-n3cnnn3)ccc2Cl)c1. The molecule has 3 aromatic rings. The third-order valence-corrected chi connectivity index (χ3v) is 3.79.